The topological polar surface area (TPSA) is 9.23 Å². The van der Waals surface area contributed by atoms with E-state index in [1.165, 1.54) is 0 Å². The zero-order chi connectivity index (χ0) is 4.99. The van der Waals surface area contributed by atoms with Crippen LogP contribution in [0.15, 0.2) is 0 Å². The average molecular weight is 107 g/mol. The zero-order valence-electron chi connectivity index (χ0n) is 3.86. The van der Waals surface area contributed by atoms with Gasteiger partial charge in [0.1, 0.15) is 0 Å². The first-order valence-electron chi connectivity index (χ1n) is 1.78. The molecule has 0 spiro atoms. The predicted octanol–water partition coefficient (Wildman–Crippen LogP) is 1.65. The molecule has 0 bridgehead atoms. The van der Waals surface area contributed by atoms with E-state index in [-0.39, 0.29) is 6.10 Å². The lowest BCUT2D eigenvalue weighted by atomic mass is 10.5. The Hall–Kier alpha value is 0.250. The van der Waals surface area contributed by atoms with Gasteiger partial charge in [-0.3, -0.25) is 0 Å². The molecule has 0 heterocycles. The van der Waals surface area contributed by atoms with Crippen LogP contribution in [-0.4, -0.2) is 6.10 Å². The second kappa shape index (κ2) is 3.44. The van der Waals surface area contributed by atoms with E-state index in [9.17, 15) is 0 Å². The third-order valence-corrected chi connectivity index (χ3v) is 0.369. The molecule has 0 aliphatic rings. The summed E-state index contributed by atoms with van der Waals surface area (Å²) in [5, 5.41) is 0. The lowest BCUT2D eigenvalue weighted by molar-refractivity contribution is 0.160. The van der Waals surface area contributed by atoms with Crippen LogP contribution in [0, 0.1) is 6.07 Å². The number of hydrogen-bond donors (Lipinski definition) is 0. The van der Waals surface area contributed by atoms with Gasteiger partial charge in [0.25, 0.3) is 0 Å². The molecule has 0 aliphatic carbocycles. The number of rotatable bonds is 2. The van der Waals surface area contributed by atoms with Crippen molar-refractivity contribution >= 4 is 11.6 Å². The molecule has 0 N–H and O–H groups in total. The van der Waals surface area contributed by atoms with Crippen LogP contribution in [0.3, 0.4) is 0 Å². The van der Waals surface area contributed by atoms with Gasteiger partial charge in [-0.2, -0.15) is 0 Å². The molecule has 0 rings (SSSR count). The van der Waals surface area contributed by atoms with E-state index in [2.05, 4.69) is 4.74 Å². The molecule has 0 aliphatic heterocycles. The fourth-order valence-electron chi connectivity index (χ4n) is 0.0891. The molecule has 0 unspecified atom stereocenters. The van der Waals surface area contributed by atoms with Gasteiger partial charge in [-0.15, -0.1) is 0 Å². The molecule has 2 heteroatoms. The van der Waals surface area contributed by atoms with Crippen molar-refractivity contribution in [2.24, 2.45) is 0 Å². The lowest BCUT2D eigenvalue weighted by Crippen LogP contribution is -1.95. The molecule has 0 fully saturated rings. The molecule has 1 nitrogen and oxygen atoms in total. The lowest BCUT2D eigenvalue weighted by Gasteiger charge is -1.96. The Morgan fingerprint density at radius 3 is 2.17 bits per heavy atom. The minimum absolute atomic E-state index is 0.155. The smallest absolute Gasteiger partial charge is 0.236 e. The Morgan fingerprint density at radius 1 is 1.67 bits per heavy atom. The monoisotopic (exact) mass is 106 g/mol. The van der Waals surface area contributed by atoms with E-state index < -0.39 is 0 Å². The summed E-state index contributed by atoms with van der Waals surface area (Å²) in [5.74, 6) is 0. The summed E-state index contributed by atoms with van der Waals surface area (Å²) in [5.41, 5.74) is 0. The molecule has 0 aromatic carbocycles. The first kappa shape index (κ1) is 6.25. The van der Waals surface area contributed by atoms with Crippen LogP contribution in [-0.2, 0) is 4.74 Å². The largest absolute Gasteiger partial charge is 0.349 e. The van der Waals surface area contributed by atoms with Crippen LogP contribution >= 0.6 is 11.6 Å². The molecular weight excluding hydrogens is 99.5 g/mol. The Kier molecular flexibility index (Phi) is 3.58. The summed E-state index contributed by atoms with van der Waals surface area (Å²) in [7, 11) is 0. The summed E-state index contributed by atoms with van der Waals surface area (Å²) >= 11 is 4.92. The molecule has 36 valence electrons. The second-order valence-corrected chi connectivity index (χ2v) is 1.40. The van der Waals surface area contributed by atoms with Crippen molar-refractivity contribution in [2.75, 3.05) is 0 Å². The maximum Gasteiger partial charge on any atom is 0.236 e. The van der Waals surface area contributed by atoms with E-state index in [0.29, 0.717) is 0 Å². The Morgan fingerprint density at radius 2 is 2.17 bits per heavy atom. The van der Waals surface area contributed by atoms with Crippen LogP contribution in [0.5, 0.6) is 0 Å². The van der Waals surface area contributed by atoms with Crippen molar-refractivity contribution in [2.45, 2.75) is 20.0 Å². The van der Waals surface area contributed by atoms with E-state index >= 15 is 0 Å². The molecule has 0 saturated carbocycles. The quantitative estimate of drug-likeness (QED) is 0.520. The van der Waals surface area contributed by atoms with Gasteiger partial charge in [-0.25, -0.2) is 0 Å². The normalized spacial score (nSPS) is 10.0. The molecule has 2 radical (unpaired) electrons. The standard InChI is InChI=1S/C4H7ClO/c1-4(2)6-3-5/h4H,1-2H3. The van der Waals surface area contributed by atoms with Crippen LogP contribution in [0.2, 0.25) is 0 Å². The van der Waals surface area contributed by atoms with E-state index in [4.69, 9.17) is 11.6 Å². The van der Waals surface area contributed by atoms with E-state index in [1.54, 1.807) is 0 Å². The van der Waals surface area contributed by atoms with Crippen molar-refractivity contribution < 1.29 is 4.74 Å². The Labute approximate surface area is 43.3 Å². The number of hydrogen-bond acceptors (Lipinski definition) is 1. The van der Waals surface area contributed by atoms with Gasteiger partial charge in [0.2, 0.25) is 6.07 Å². The minimum atomic E-state index is 0.155. The highest BCUT2D eigenvalue weighted by Crippen LogP contribution is 1.92. The third-order valence-electron chi connectivity index (χ3n) is 0.280. The van der Waals surface area contributed by atoms with Crippen molar-refractivity contribution in [3.8, 4) is 0 Å². The van der Waals surface area contributed by atoms with Crippen molar-refractivity contribution in [1.29, 1.82) is 0 Å². The predicted molar refractivity (Wildman–Crippen MR) is 25.3 cm³/mol. The van der Waals surface area contributed by atoms with Crippen LogP contribution in [0.4, 0.5) is 0 Å². The zero-order valence-corrected chi connectivity index (χ0v) is 4.62. The highest BCUT2D eigenvalue weighted by molar-refractivity contribution is 6.22. The van der Waals surface area contributed by atoms with Gasteiger partial charge in [0, 0.05) is 0 Å². The molecule has 0 aromatic rings. The van der Waals surface area contributed by atoms with Gasteiger partial charge in [-0.05, 0) is 13.8 Å². The van der Waals surface area contributed by atoms with Crippen LogP contribution in [0.1, 0.15) is 13.8 Å². The highest BCUT2D eigenvalue weighted by Gasteiger charge is 1.87. The van der Waals surface area contributed by atoms with Gasteiger partial charge < -0.3 is 4.74 Å². The van der Waals surface area contributed by atoms with E-state index in [1.807, 2.05) is 19.9 Å². The second-order valence-electron chi connectivity index (χ2n) is 1.24. The minimum Gasteiger partial charge on any atom is -0.349 e. The van der Waals surface area contributed by atoms with Gasteiger partial charge in [0.05, 0.1) is 6.10 Å². The average Bonchev–Trinajstić information content (AvgIpc) is 1.35. The molecule has 0 amide bonds. The first-order chi connectivity index (χ1) is 2.77. The van der Waals surface area contributed by atoms with Gasteiger partial charge >= 0.3 is 0 Å². The van der Waals surface area contributed by atoms with Crippen molar-refractivity contribution in [1.82, 2.24) is 0 Å². The summed E-state index contributed by atoms with van der Waals surface area (Å²) in [6, 6.07) is 2.04. The highest BCUT2D eigenvalue weighted by atomic mass is 35.5. The first-order valence-corrected chi connectivity index (χ1v) is 2.16. The third kappa shape index (κ3) is 4.25. The summed E-state index contributed by atoms with van der Waals surface area (Å²) in [6.45, 7) is 3.77. The van der Waals surface area contributed by atoms with Gasteiger partial charge in [0.15, 0.2) is 0 Å². The Bertz CT molecular complexity index is 28.7. The SMILES string of the molecule is CC(C)O[C]Cl. The maximum atomic E-state index is 4.92. The number of halogens is 1. The molecular formula is C4H7ClO. The van der Waals surface area contributed by atoms with Gasteiger partial charge in [-0.1, -0.05) is 11.6 Å². The van der Waals surface area contributed by atoms with Crippen molar-refractivity contribution in [3.05, 3.63) is 6.07 Å². The molecule has 6 heavy (non-hydrogen) atoms. The van der Waals surface area contributed by atoms with Crippen LogP contribution < -0.4 is 0 Å². The van der Waals surface area contributed by atoms with Crippen LogP contribution in [0.25, 0.3) is 0 Å². The Balaban J connectivity index is 2.63. The fourth-order valence-corrected chi connectivity index (χ4v) is 0.267. The molecule has 0 saturated heterocycles. The summed E-state index contributed by atoms with van der Waals surface area (Å²) < 4.78 is 4.56. The summed E-state index contributed by atoms with van der Waals surface area (Å²) in [6.07, 6.45) is 0.155. The number of ether oxygens (including phenoxy) is 1. The molecule has 0 aromatic heterocycles. The van der Waals surface area contributed by atoms with Crippen molar-refractivity contribution in [3.63, 3.8) is 0 Å². The maximum absolute atomic E-state index is 4.92. The molecule has 0 atom stereocenters. The fraction of sp³-hybridized carbons (Fsp3) is 0.750. The van der Waals surface area contributed by atoms with E-state index in [0.717, 1.165) is 0 Å². The summed E-state index contributed by atoms with van der Waals surface area (Å²) in [4.78, 5) is 0.